The Kier molecular flexibility index (Phi) is 1.40. The van der Waals surface area contributed by atoms with Crippen LogP contribution in [0.4, 0.5) is 5.69 Å². The van der Waals surface area contributed by atoms with Gasteiger partial charge in [-0.15, -0.1) is 0 Å². The number of nitro groups is 1. The van der Waals surface area contributed by atoms with Crippen LogP contribution in [0.3, 0.4) is 0 Å². The molecule has 1 aromatic rings. The van der Waals surface area contributed by atoms with Crippen molar-refractivity contribution >= 4 is 17.3 Å². The van der Waals surface area contributed by atoms with Gasteiger partial charge in [0.15, 0.2) is 0 Å². The largest absolute Gasteiger partial charge is 0.270 e. The summed E-state index contributed by atoms with van der Waals surface area (Å²) in [6.45, 7) is 0. The maximum Gasteiger partial charge on any atom is 0.270 e. The van der Waals surface area contributed by atoms with E-state index in [1.54, 1.807) is 12.1 Å². The lowest BCUT2D eigenvalue weighted by Crippen LogP contribution is -1.98. The van der Waals surface area contributed by atoms with E-state index < -0.39 is 4.92 Å². The average molecular weight is 172 g/mol. The van der Waals surface area contributed by atoms with Gasteiger partial charge in [0.2, 0.25) is 0 Å². The molecule has 4 heteroatoms. The van der Waals surface area contributed by atoms with Crippen LogP contribution in [-0.4, -0.2) is 4.92 Å². The van der Waals surface area contributed by atoms with Gasteiger partial charge in [0.25, 0.3) is 5.69 Å². The number of benzene rings is 1. The van der Waals surface area contributed by atoms with Crippen LogP contribution < -0.4 is 0 Å². The average Bonchev–Trinajstić information content (AvgIpc) is 2.07. The molecule has 2 rings (SSSR count). The molecule has 0 unspecified atom stereocenters. The van der Waals surface area contributed by atoms with Crippen LogP contribution in [0.5, 0.6) is 0 Å². The van der Waals surface area contributed by atoms with Crippen molar-refractivity contribution in [1.82, 2.24) is 0 Å². The quantitative estimate of drug-likeness (QED) is 0.480. The lowest BCUT2D eigenvalue weighted by molar-refractivity contribution is -0.384. The van der Waals surface area contributed by atoms with Gasteiger partial charge in [0.05, 0.1) is 16.6 Å². The van der Waals surface area contributed by atoms with Crippen molar-refractivity contribution in [3.05, 3.63) is 39.4 Å². The highest BCUT2D eigenvalue weighted by atomic mass is 16.6. The second-order valence-corrected chi connectivity index (χ2v) is 2.70. The molecule has 1 aliphatic rings. The predicted octanol–water partition coefficient (Wildman–Crippen LogP) is 1.97. The van der Waals surface area contributed by atoms with Gasteiger partial charge in [-0.25, -0.2) is 0 Å². The molecular weight excluding hydrogens is 168 g/mol. The van der Waals surface area contributed by atoms with Crippen molar-refractivity contribution in [1.29, 1.82) is 5.26 Å². The molecule has 4 nitrogen and oxygen atoms in total. The maximum absolute atomic E-state index is 10.4. The minimum absolute atomic E-state index is 0.0274. The van der Waals surface area contributed by atoms with E-state index in [1.807, 2.05) is 6.07 Å². The predicted molar refractivity (Wildman–Crippen MR) is 46.6 cm³/mol. The first-order chi connectivity index (χ1) is 6.22. The number of allylic oxidation sites excluding steroid dienone is 1. The number of fused-ring (bicyclic) bond motifs is 1. The summed E-state index contributed by atoms with van der Waals surface area (Å²) in [5.74, 6) is 0. The molecule has 13 heavy (non-hydrogen) atoms. The van der Waals surface area contributed by atoms with Crippen molar-refractivity contribution < 1.29 is 4.92 Å². The number of nitro benzene ring substituents is 1. The summed E-state index contributed by atoms with van der Waals surface area (Å²) >= 11 is 0. The standard InChI is InChI=1S/C9H4N2O2/c10-5-7-3-6-1-2-8(11(12)13)4-9(6)7/h1-4H. The first-order valence-electron chi connectivity index (χ1n) is 3.63. The van der Waals surface area contributed by atoms with E-state index >= 15 is 0 Å². The third-order valence-electron chi connectivity index (χ3n) is 1.96. The normalized spacial score (nSPS) is 12.1. The third-order valence-corrected chi connectivity index (χ3v) is 1.96. The highest BCUT2D eigenvalue weighted by molar-refractivity contribution is 6.02. The fraction of sp³-hybridized carbons (Fsp3) is 0. The highest BCUT2D eigenvalue weighted by Crippen LogP contribution is 2.34. The topological polar surface area (TPSA) is 66.9 Å². The number of hydrogen-bond donors (Lipinski definition) is 0. The molecule has 1 aromatic carbocycles. The second-order valence-electron chi connectivity index (χ2n) is 2.70. The molecule has 0 N–H and O–H groups in total. The number of hydrogen-bond acceptors (Lipinski definition) is 3. The molecule has 0 bridgehead atoms. The van der Waals surface area contributed by atoms with Crippen LogP contribution in [0.25, 0.3) is 11.6 Å². The van der Waals surface area contributed by atoms with Crippen molar-refractivity contribution in [3.8, 4) is 6.07 Å². The Morgan fingerprint density at radius 1 is 1.46 bits per heavy atom. The monoisotopic (exact) mass is 172 g/mol. The summed E-state index contributed by atoms with van der Waals surface area (Å²) < 4.78 is 0. The number of nitriles is 1. The van der Waals surface area contributed by atoms with Gasteiger partial charge >= 0.3 is 0 Å². The van der Waals surface area contributed by atoms with Gasteiger partial charge in [-0.1, -0.05) is 0 Å². The molecule has 0 heterocycles. The summed E-state index contributed by atoms with van der Waals surface area (Å²) in [7, 11) is 0. The van der Waals surface area contributed by atoms with Crippen molar-refractivity contribution in [2.45, 2.75) is 0 Å². The van der Waals surface area contributed by atoms with Crippen LogP contribution in [0, 0.1) is 21.4 Å². The molecule has 0 atom stereocenters. The Morgan fingerprint density at radius 3 is 2.85 bits per heavy atom. The van der Waals surface area contributed by atoms with Gasteiger partial charge in [-0.2, -0.15) is 5.26 Å². The molecule has 0 saturated heterocycles. The van der Waals surface area contributed by atoms with Crippen molar-refractivity contribution in [3.63, 3.8) is 0 Å². The zero-order valence-electron chi connectivity index (χ0n) is 6.52. The first kappa shape index (κ1) is 7.50. The van der Waals surface area contributed by atoms with Crippen LogP contribution in [0.15, 0.2) is 18.2 Å². The molecule has 0 radical (unpaired) electrons. The number of nitrogens with zero attached hydrogens (tertiary/aromatic N) is 2. The molecule has 0 aromatic heterocycles. The summed E-state index contributed by atoms with van der Waals surface area (Å²) in [6, 6.07) is 6.47. The van der Waals surface area contributed by atoms with E-state index in [0.717, 1.165) is 5.56 Å². The summed E-state index contributed by atoms with van der Waals surface area (Å²) in [4.78, 5) is 9.92. The van der Waals surface area contributed by atoms with Crippen molar-refractivity contribution in [2.24, 2.45) is 0 Å². The highest BCUT2D eigenvalue weighted by Gasteiger charge is 2.19. The van der Waals surface area contributed by atoms with Gasteiger partial charge in [0.1, 0.15) is 0 Å². The molecule has 0 spiro atoms. The molecule has 62 valence electrons. The summed E-state index contributed by atoms with van der Waals surface area (Å²) in [5.41, 5.74) is 2.11. The van der Waals surface area contributed by atoms with E-state index in [2.05, 4.69) is 0 Å². The molecule has 0 aliphatic heterocycles. The van der Waals surface area contributed by atoms with Gasteiger partial charge < -0.3 is 0 Å². The van der Waals surface area contributed by atoms with E-state index in [4.69, 9.17) is 5.26 Å². The molecule has 1 aliphatic carbocycles. The summed E-state index contributed by atoms with van der Waals surface area (Å²) in [5, 5.41) is 19.0. The fourth-order valence-corrected chi connectivity index (χ4v) is 1.26. The number of rotatable bonds is 1. The minimum Gasteiger partial charge on any atom is -0.258 e. The maximum atomic E-state index is 10.4. The Balaban J connectivity index is 2.49. The molecule has 0 fully saturated rings. The smallest absolute Gasteiger partial charge is 0.258 e. The Bertz CT molecular complexity index is 469. The molecule has 0 saturated carbocycles. The second kappa shape index (κ2) is 2.42. The van der Waals surface area contributed by atoms with Crippen LogP contribution in [0.2, 0.25) is 0 Å². The van der Waals surface area contributed by atoms with Crippen LogP contribution in [-0.2, 0) is 0 Å². The van der Waals surface area contributed by atoms with Crippen LogP contribution in [0.1, 0.15) is 11.1 Å². The van der Waals surface area contributed by atoms with Crippen LogP contribution >= 0.6 is 0 Å². The Morgan fingerprint density at radius 2 is 2.23 bits per heavy atom. The van der Waals surface area contributed by atoms with E-state index in [0.29, 0.717) is 11.1 Å². The van der Waals surface area contributed by atoms with Crippen molar-refractivity contribution in [2.75, 3.05) is 0 Å². The first-order valence-corrected chi connectivity index (χ1v) is 3.63. The van der Waals surface area contributed by atoms with E-state index in [-0.39, 0.29) is 5.69 Å². The molecular formula is C9H4N2O2. The lowest BCUT2D eigenvalue weighted by atomic mass is 9.89. The SMILES string of the molecule is N#CC1=Cc2ccc([N+](=O)[O-])cc21. The minimum atomic E-state index is -0.465. The Labute approximate surface area is 73.9 Å². The number of non-ortho nitro benzene ring substituents is 1. The van der Waals surface area contributed by atoms with Gasteiger partial charge in [-0.05, 0) is 17.7 Å². The van der Waals surface area contributed by atoms with Gasteiger partial charge in [0, 0.05) is 17.7 Å². The van der Waals surface area contributed by atoms with E-state index in [1.165, 1.54) is 12.1 Å². The Hall–Kier alpha value is -2.15. The zero-order valence-corrected chi connectivity index (χ0v) is 6.52. The third kappa shape index (κ3) is 0.983. The van der Waals surface area contributed by atoms with E-state index in [9.17, 15) is 10.1 Å². The zero-order chi connectivity index (χ0) is 9.42. The lowest BCUT2D eigenvalue weighted by Gasteiger charge is -2.12. The van der Waals surface area contributed by atoms with Gasteiger partial charge in [-0.3, -0.25) is 10.1 Å². The summed E-state index contributed by atoms with van der Waals surface area (Å²) in [6.07, 6.45) is 1.71. The fourth-order valence-electron chi connectivity index (χ4n) is 1.26. The molecule has 0 amide bonds.